The van der Waals surface area contributed by atoms with Crippen LogP contribution in [0.5, 0.6) is 5.75 Å². The maximum absolute atomic E-state index is 13.9. The van der Waals surface area contributed by atoms with Crippen LogP contribution in [0.15, 0.2) is 42.5 Å². The van der Waals surface area contributed by atoms with Gasteiger partial charge in [-0.2, -0.15) is 0 Å². The maximum atomic E-state index is 13.9. The molecule has 0 saturated carbocycles. The number of rotatable bonds is 7. The van der Waals surface area contributed by atoms with Gasteiger partial charge in [0.05, 0.1) is 19.1 Å². The summed E-state index contributed by atoms with van der Waals surface area (Å²) in [5.41, 5.74) is 2.04. The van der Waals surface area contributed by atoms with Crippen molar-refractivity contribution in [1.29, 1.82) is 0 Å². The largest absolute Gasteiger partial charge is 0.487 e. The second-order valence-corrected chi connectivity index (χ2v) is 9.60. The minimum atomic E-state index is -0.583. The normalized spacial score (nSPS) is 25.4. The molecule has 2 aromatic carbocycles. The molecule has 4 atom stereocenters. The van der Waals surface area contributed by atoms with Crippen LogP contribution >= 0.6 is 0 Å². The fraction of sp³-hybridized carbons (Fsp3) is 0.481. The molecule has 2 amide bonds. The van der Waals surface area contributed by atoms with Gasteiger partial charge < -0.3 is 30.0 Å². The molecule has 9 heteroatoms. The number of amides is 2. The first-order chi connectivity index (χ1) is 17.5. The van der Waals surface area contributed by atoms with Gasteiger partial charge in [0, 0.05) is 48.4 Å². The summed E-state index contributed by atoms with van der Waals surface area (Å²) in [6.45, 7) is 1.04. The second-order valence-electron chi connectivity index (χ2n) is 9.60. The minimum Gasteiger partial charge on any atom is -0.487 e. The van der Waals surface area contributed by atoms with E-state index in [1.807, 2.05) is 18.2 Å². The van der Waals surface area contributed by atoms with E-state index in [2.05, 4.69) is 10.6 Å². The molecule has 192 valence electrons. The van der Waals surface area contributed by atoms with Crippen molar-refractivity contribution >= 4 is 17.5 Å². The van der Waals surface area contributed by atoms with E-state index in [4.69, 9.17) is 14.2 Å². The van der Waals surface area contributed by atoms with Crippen molar-refractivity contribution in [1.82, 2.24) is 5.32 Å². The minimum absolute atomic E-state index is 0.0154. The number of hydrogen-bond donors (Lipinski definition) is 3. The van der Waals surface area contributed by atoms with Crippen molar-refractivity contribution < 1.29 is 33.3 Å². The standard InChI is InChI=1S/C27H31FN2O6/c28-22-4-2-1-3-17(22)14-29-25(32)13-19-12-21-20-11-18(30-27(33)16-7-9-34-10-8-16)5-6-23(20)36-26(21)24(15-31)35-19/h1-6,11,16,19,21,24,26,31H,7-10,12-15H2,(H,29,32)(H,30,33)/t19-,21-,24+,26+/m0/s1. The lowest BCUT2D eigenvalue weighted by Crippen LogP contribution is -2.47. The molecular formula is C27H31FN2O6. The Bertz CT molecular complexity index is 1110. The lowest BCUT2D eigenvalue weighted by molar-refractivity contribution is -0.142. The Morgan fingerprint density at radius 2 is 1.92 bits per heavy atom. The summed E-state index contributed by atoms with van der Waals surface area (Å²) >= 11 is 0. The predicted molar refractivity (Wildman–Crippen MR) is 129 cm³/mol. The van der Waals surface area contributed by atoms with Gasteiger partial charge in [-0.15, -0.1) is 0 Å². The summed E-state index contributed by atoms with van der Waals surface area (Å²) in [5.74, 6) is -0.0938. The van der Waals surface area contributed by atoms with Gasteiger partial charge in [-0.3, -0.25) is 9.59 Å². The van der Waals surface area contributed by atoms with Crippen LogP contribution in [0.4, 0.5) is 10.1 Å². The van der Waals surface area contributed by atoms with E-state index in [0.717, 1.165) is 5.56 Å². The first-order valence-corrected chi connectivity index (χ1v) is 12.5. The van der Waals surface area contributed by atoms with Crippen LogP contribution in [-0.4, -0.2) is 55.1 Å². The van der Waals surface area contributed by atoms with Gasteiger partial charge in [-0.25, -0.2) is 4.39 Å². The predicted octanol–water partition coefficient (Wildman–Crippen LogP) is 2.89. The number of fused-ring (bicyclic) bond motifs is 3. The summed E-state index contributed by atoms with van der Waals surface area (Å²) in [4.78, 5) is 25.3. The number of nitrogens with one attached hydrogen (secondary N) is 2. The molecule has 2 fully saturated rings. The molecule has 0 aliphatic carbocycles. The van der Waals surface area contributed by atoms with Crippen molar-refractivity contribution in [2.24, 2.45) is 5.92 Å². The van der Waals surface area contributed by atoms with Crippen molar-refractivity contribution in [3.8, 4) is 5.75 Å². The third kappa shape index (κ3) is 5.38. The number of aliphatic hydroxyl groups excluding tert-OH is 1. The molecular weight excluding hydrogens is 467 g/mol. The summed E-state index contributed by atoms with van der Waals surface area (Å²) in [6, 6.07) is 11.9. The lowest BCUT2D eigenvalue weighted by Gasteiger charge is -2.37. The van der Waals surface area contributed by atoms with Gasteiger partial charge in [0.2, 0.25) is 11.8 Å². The summed E-state index contributed by atoms with van der Waals surface area (Å²) in [5, 5.41) is 15.7. The van der Waals surface area contributed by atoms with Gasteiger partial charge in [0.25, 0.3) is 0 Å². The fourth-order valence-corrected chi connectivity index (χ4v) is 5.29. The van der Waals surface area contributed by atoms with Crippen LogP contribution in [0.1, 0.15) is 42.7 Å². The van der Waals surface area contributed by atoms with Gasteiger partial charge in [0.15, 0.2) is 0 Å². The Balaban J connectivity index is 1.24. The average molecular weight is 499 g/mol. The highest BCUT2D eigenvalue weighted by Crippen LogP contribution is 2.47. The number of carbonyl (C=O) groups excluding carboxylic acids is 2. The van der Waals surface area contributed by atoms with Crippen LogP contribution < -0.4 is 15.4 Å². The SMILES string of the molecule is O=C(C[C@@H]1C[C@H]2c3cc(NC(=O)C4CCOCC4)ccc3O[C@H]2[C@@H](CO)O1)NCc1ccccc1F. The Morgan fingerprint density at radius 3 is 2.69 bits per heavy atom. The first kappa shape index (κ1) is 24.7. The van der Waals surface area contributed by atoms with Crippen molar-refractivity contribution in [3.05, 3.63) is 59.4 Å². The van der Waals surface area contributed by atoms with Crippen LogP contribution in [0, 0.1) is 11.7 Å². The topological polar surface area (TPSA) is 106 Å². The highest BCUT2D eigenvalue weighted by Gasteiger charge is 2.46. The van der Waals surface area contributed by atoms with E-state index in [1.165, 1.54) is 6.07 Å². The molecule has 3 aliphatic rings. The van der Waals surface area contributed by atoms with E-state index in [1.54, 1.807) is 18.2 Å². The van der Waals surface area contributed by atoms with Crippen molar-refractivity contribution in [3.63, 3.8) is 0 Å². The zero-order chi connectivity index (χ0) is 25.1. The molecule has 3 heterocycles. The molecule has 0 unspecified atom stereocenters. The van der Waals surface area contributed by atoms with Gasteiger partial charge in [-0.1, -0.05) is 18.2 Å². The van der Waals surface area contributed by atoms with E-state index >= 15 is 0 Å². The van der Waals surface area contributed by atoms with Crippen molar-refractivity contribution in [2.75, 3.05) is 25.1 Å². The number of halogens is 1. The number of benzene rings is 2. The Morgan fingerprint density at radius 1 is 1.11 bits per heavy atom. The summed E-state index contributed by atoms with van der Waals surface area (Å²) < 4.78 is 31.3. The number of aliphatic hydroxyl groups is 1. The number of anilines is 1. The highest BCUT2D eigenvalue weighted by molar-refractivity contribution is 5.92. The molecule has 0 spiro atoms. The highest BCUT2D eigenvalue weighted by atomic mass is 19.1. The van der Waals surface area contributed by atoms with E-state index < -0.39 is 12.2 Å². The van der Waals surface area contributed by atoms with Crippen LogP contribution in [0.25, 0.3) is 0 Å². The third-order valence-corrected chi connectivity index (χ3v) is 7.21. The summed E-state index contributed by atoms with van der Waals surface area (Å²) in [6.07, 6.45) is 0.646. The zero-order valence-corrected chi connectivity index (χ0v) is 20.0. The van der Waals surface area contributed by atoms with Crippen molar-refractivity contribution in [2.45, 2.75) is 56.5 Å². The van der Waals surface area contributed by atoms with Gasteiger partial charge >= 0.3 is 0 Å². The zero-order valence-electron chi connectivity index (χ0n) is 20.0. The van der Waals surface area contributed by atoms with Gasteiger partial charge in [-0.05, 0) is 43.5 Å². The average Bonchev–Trinajstić information content (AvgIpc) is 3.26. The Kier molecular flexibility index (Phi) is 7.50. The van der Waals surface area contributed by atoms with Gasteiger partial charge in [0.1, 0.15) is 23.8 Å². The van der Waals surface area contributed by atoms with Crippen LogP contribution in [-0.2, 0) is 25.6 Å². The molecule has 2 aromatic rings. The molecule has 0 bridgehead atoms. The number of hydrogen-bond acceptors (Lipinski definition) is 6. The molecule has 36 heavy (non-hydrogen) atoms. The lowest BCUT2D eigenvalue weighted by atomic mass is 9.84. The number of ether oxygens (including phenoxy) is 3. The molecule has 0 aromatic heterocycles. The first-order valence-electron chi connectivity index (χ1n) is 12.5. The molecule has 3 N–H and O–H groups in total. The Hall–Kier alpha value is -3.01. The van der Waals surface area contributed by atoms with E-state index in [9.17, 15) is 19.1 Å². The smallest absolute Gasteiger partial charge is 0.227 e. The summed E-state index contributed by atoms with van der Waals surface area (Å²) in [7, 11) is 0. The molecule has 8 nitrogen and oxygen atoms in total. The van der Waals surface area contributed by atoms with E-state index in [-0.39, 0.29) is 55.1 Å². The molecule has 0 radical (unpaired) electrons. The Labute approximate surface area is 209 Å². The number of carbonyl (C=O) groups is 2. The quantitative estimate of drug-likeness (QED) is 0.542. The monoisotopic (exact) mass is 498 g/mol. The molecule has 5 rings (SSSR count). The van der Waals surface area contributed by atoms with Crippen LogP contribution in [0.2, 0.25) is 0 Å². The van der Waals surface area contributed by atoms with E-state index in [0.29, 0.717) is 49.5 Å². The second kappa shape index (κ2) is 10.9. The fourth-order valence-electron chi connectivity index (χ4n) is 5.29. The third-order valence-electron chi connectivity index (χ3n) is 7.21. The maximum Gasteiger partial charge on any atom is 0.227 e. The molecule has 2 saturated heterocycles. The van der Waals surface area contributed by atoms with Crippen LogP contribution in [0.3, 0.4) is 0 Å². The molecule has 3 aliphatic heterocycles.